The summed E-state index contributed by atoms with van der Waals surface area (Å²) >= 11 is 0. The van der Waals surface area contributed by atoms with Crippen LogP contribution in [-0.4, -0.2) is 5.91 Å². The Morgan fingerprint density at radius 2 is 2.60 bits per heavy atom. The maximum Gasteiger partial charge on any atom is 0.246 e. The highest BCUT2D eigenvalue weighted by Crippen LogP contribution is 2.02. The van der Waals surface area contributed by atoms with Crippen molar-refractivity contribution in [2.75, 3.05) is 0 Å². The summed E-state index contributed by atoms with van der Waals surface area (Å²) in [6.07, 6.45) is 5.13. The molecule has 54 valence electrons. The number of carbonyl (C=O) groups excluding carboxylic acids is 1. The first-order valence-corrected chi connectivity index (χ1v) is 2.86. The average Bonchev–Trinajstić information content (AvgIpc) is 2.12. The normalized spacial score (nSPS) is 16.2. The van der Waals surface area contributed by atoms with E-state index in [0.29, 0.717) is 12.0 Å². The van der Waals surface area contributed by atoms with Gasteiger partial charge < -0.3 is 10.6 Å². The monoisotopic (exact) mass is 140 g/mol. The molecule has 10 heavy (non-hydrogen) atoms. The zero-order chi connectivity index (χ0) is 7.40. The van der Waals surface area contributed by atoms with E-state index >= 15 is 0 Å². The Morgan fingerprint density at radius 1 is 1.80 bits per heavy atom. The fourth-order valence-electron chi connectivity index (χ4n) is 0.598. The van der Waals surface area contributed by atoms with Gasteiger partial charge in [0.25, 0.3) is 0 Å². The van der Waals surface area contributed by atoms with Gasteiger partial charge in [0.05, 0.1) is 0 Å². The average molecular weight is 140 g/mol. The number of hydrogen-bond donors (Lipinski definition) is 2. The Morgan fingerprint density at radius 3 is 3.30 bits per heavy atom. The molecule has 1 rings (SSSR count). The third kappa shape index (κ3) is 1.51. The van der Waals surface area contributed by atoms with Gasteiger partial charge in [-0.05, 0) is 6.08 Å². The summed E-state index contributed by atoms with van der Waals surface area (Å²) in [5.74, 6) is -0.428. The van der Waals surface area contributed by atoms with E-state index in [0.717, 1.165) is 0 Å². The molecule has 3 N–H and O–H groups in total. The number of allylic oxidation sites excluding steroid dienone is 1. The van der Waals surface area contributed by atoms with Gasteiger partial charge in [0.15, 0.2) is 0 Å². The lowest BCUT2D eigenvalue weighted by molar-refractivity contribution is -0.114. The molecule has 0 fully saturated rings. The Kier molecular flexibility index (Phi) is 1.94. The molecule has 0 spiro atoms. The lowest BCUT2D eigenvalue weighted by atomic mass is 10.2. The topological polar surface area (TPSA) is 64.4 Å². The van der Waals surface area contributed by atoms with Crippen molar-refractivity contribution in [1.29, 1.82) is 0 Å². The van der Waals surface area contributed by atoms with Crippen LogP contribution in [0, 0.1) is 0 Å². The molecular weight excluding hydrogens is 132 g/mol. The van der Waals surface area contributed by atoms with Gasteiger partial charge >= 0.3 is 0 Å². The minimum absolute atomic E-state index is 0.428. The van der Waals surface area contributed by atoms with Crippen molar-refractivity contribution in [3.05, 3.63) is 24.1 Å². The summed E-state index contributed by atoms with van der Waals surface area (Å²) in [6, 6.07) is 0. The molecule has 0 aromatic heterocycles. The van der Waals surface area contributed by atoms with Gasteiger partial charge in [0.2, 0.25) is 5.91 Å². The zero-order valence-corrected chi connectivity index (χ0v) is 5.33. The summed E-state index contributed by atoms with van der Waals surface area (Å²) in [5.41, 5.74) is 7.94. The van der Waals surface area contributed by atoms with E-state index < -0.39 is 5.91 Å². The maximum absolute atomic E-state index is 10.5. The highest BCUT2D eigenvalue weighted by atomic mass is 16.6. The minimum atomic E-state index is -0.428. The molecule has 0 aromatic carbocycles. The molecule has 4 nitrogen and oxygen atoms in total. The van der Waals surface area contributed by atoms with E-state index in [1.54, 1.807) is 6.08 Å². The number of rotatable bonds is 1. The van der Waals surface area contributed by atoms with E-state index in [4.69, 9.17) is 5.73 Å². The predicted molar refractivity (Wildman–Crippen MR) is 35.3 cm³/mol. The van der Waals surface area contributed by atoms with Crippen LogP contribution in [0.1, 0.15) is 6.42 Å². The number of primary amides is 1. The standard InChI is InChI=1S/C6H8N2O2/c7-6(9)5-2-1-3-10-8-4-5/h1,3-4,8H,2H2,(H2,7,9). The van der Waals surface area contributed by atoms with Gasteiger partial charge in [0.1, 0.15) is 6.26 Å². The number of nitrogens with one attached hydrogen (secondary N) is 1. The largest absolute Gasteiger partial charge is 0.391 e. The quantitative estimate of drug-likeness (QED) is 0.530. The molecule has 1 aliphatic rings. The molecule has 0 saturated carbocycles. The predicted octanol–water partition coefficient (Wildman–Crippen LogP) is -0.206. The van der Waals surface area contributed by atoms with Crippen molar-refractivity contribution >= 4 is 5.91 Å². The van der Waals surface area contributed by atoms with Gasteiger partial charge in [-0.15, -0.1) is 0 Å². The van der Waals surface area contributed by atoms with Crippen LogP contribution in [0.3, 0.4) is 0 Å². The van der Waals surface area contributed by atoms with Crippen LogP contribution in [-0.2, 0) is 9.63 Å². The summed E-state index contributed by atoms with van der Waals surface area (Å²) in [6.45, 7) is 0. The summed E-state index contributed by atoms with van der Waals surface area (Å²) in [7, 11) is 0. The van der Waals surface area contributed by atoms with E-state index in [2.05, 4.69) is 10.3 Å². The molecule has 0 unspecified atom stereocenters. The second-order valence-corrected chi connectivity index (χ2v) is 1.85. The molecule has 0 bridgehead atoms. The maximum atomic E-state index is 10.5. The zero-order valence-electron chi connectivity index (χ0n) is 5.33. The van der Waals surface area contributed by atoms with E-state index in [1.165, 1.54) is 12.5 Å². The first kappa shape index (κ1) is 6.67. The fraction of sp³-hybridized carbons (Fsp3) is 0.167. The third-order valence-electron chi connectivity index (χ3n) is 1.12. The van der Waals surface area contributed by atoms with Gasteiger partial charge in [-0.3, -0.25) is 4.79 Å². The van der Waals surface area contributed by atoms with Crippen LogP contribution in [0.4, 0.5) is 0 Å². The summed E-state index contributed by atoms with van der Waals surface area (Å²) in [5, 5.41) is 0. The molecule has 0 atom stereocenters. The second kappa shape index (κ2) is 2.91. The summed E-state index contributed by atoms with van der Waals surface area (Å²) < 4.78 is 0. The molecule has 1 aliphatic heterocycles. The van der Waals surface area contributed by atoms with E-state index in [9.17, 15) is 4.79 Å². The van der Waals surface area contributed by atoms with Crippen LogP contribution in [0.25, 0.3) is 0 Å². The Labute approximate surface area is 58.3 Å². The molecule has 1 amide bonds. The summed E-state index contributed by atoms with van der Waals surface area (Å²) in [4.78, 5) is 15.2. The van der Waals surface area contributed by atoms with Crippen LogP contribution in [0.15, 0.2) is 24.1 Å². The van der Waals surface area contributed by atoms with Crippen LogP contribution in [0.5, 0.6) is 0 Å². The number of amides is 1. The van der Waals surface area contributed by atoms with Gasteiger partial charge in [0, 0.05) is 18.2 Å². The fourth-order valence-corrected chi connectivity index (χ4v) is 0.598. The second-order valence-electron chi connectivity index (χ2n) is 1.85. The molecule has 4 heteroatoms. The van der Waals surface area contributed by atoms with Gasteiger partial charge in [-0.1, -0.05) is 0 Å². The number of nitrogens with two attached hydrogens (primary N) is 1. The Bertz CT molecular complexity index is 196. The Balaban J connectivity index is 2.65. The van der Waals surface area contributed by atoms with Gasteiger partial charge in [-0.25, -0.2) is 5.48 Å². The molecule has 1 heterocycles. The van der Waals surface area contributed by atoms with Crippen molar-refractivity contribution in [2.45, 2.75) is 6.42 Å². The molecular formula is C6H8N2O2. The van der Waals surface area contributed by atoms with E-state index in [1.807, 2.05) is 0 Å². The third-order valence-corrected chi connectivity index (χ3v) is 1.12. The number of hydroxylamine groups is 1. The van der Waals surface area contributed by atoms with Crippen molar-refractivity contribution < 1.29 is 9.63 Å². The highest BCUT2D eigenvalue weighted by Gasteiger charge is 2.03. The lowest BCUT2D eigenvalue weighted by Crippen LogP contribution is -2.15. The van der Waals surface area contributed by atoms with Crippen molar-refractivity contribution in [1.82, 2.24) is 5.48 Å². The Hall–Kier alpha value is -1.45. The van der Waals surface area contributed by atoms with Crippen LogP contribution >= 0.6 is 0 Å². The SMILES string of the molecule is NC(=O)C1=CNOC=CC1. The smallest absolute Gasteiger partial charge is 0.246 e. The molecule has 0 radical (unpaired) electrons. The molecule has 0 saturated heterocycles. The molecule has 0 aliphatic carbocycles. The number of carbonyl (C=O) groups is 1. The van der Waals surface area contributed by atoms with E-state index in [-0.39, 0.29) is 0 Å². The first-order valence-electron chi connectivity index (χ1n) is 2.86. The van der Waals surface area contributed by atoms with Crippen molar-refractivity contribution in [2.24, 2.45) is 5.73 Å². The van der Waals surface area contributed by atoms with Gasteiger partial charge in [-0.2, -0.15) is 0 Å². The van der Waals surface area contributed by atoms with Crippen LogP contribution < -0.4 is 11.2 Å². The van der Waals surface area contributed by atoms with Crippen molar-refractivity contribution in [3.63, 3.8) is 0 Å². The van der Waals surface area contributed by atoms with Crippen molar-refractivity contribution in [3.8, 4) is 0 Å². The number of hydrogen-bond acceptors (Lipinski definition) is 3. The lowest BCUT2D eigenvalue weighted by Gasteiger charge is -1.95. The molecule has 0 aromatic rings. The van der Waals surface area contributed by atoms with Crippen LogP contribution in [0.2, 0.25) is 0 Å². The minimum Gasteiger partial charge on any atom is -0.391 e. The first-order chi connectivity index (χ1) is 4.80. The highest BCUT2D eigenvalue weighted by molar-refractivity contribution is 5.92.